The van der Waals surface area contributed by atoms with Crippen LogP contribution in [0, 0.1) is 0 Å². The predicted molar refractivity (Wildman–Crippen MR) is 102 cm³/mol. The van der Waals surface area contributed by atoms with Gasteiger partial charge in [0.25, 0.3) is 5.91 Å². The minimum absolute atomic E-state index is 0.297. The van der Waals surface area contributed by atoms with Crippen molar-refractivity contribution in [3.63, 3.8) is 0 Å². The van der Waals surface area contributed by atoms with Crippen LogP contribution in [0.4, 0.5) is 5.13 Å². The molecule has 1 aromatic carbocycles. The molecule has 0 aliphatic rings. The first-order chi connectivity index (χ1) is 12.6. The van der Waals surface area contributed by atoms with E-state index in [4.69, 9.17) is 23.2 Å². The second-order valence-electron chi connectivity index (χ2n) is 5.46. The summed E-state index contributed by atoms with van der Waals surface area (Å²) in [5, 5.41) is 8.46. The first-order valence-corrected chi connectivity index (χ1v) is 9.16. The summed E-state index contributed by atoms with van der Waals surface area (Å²) >= 11 is 13.4. The molecule has 1 amide bonds. The number of aromatic nitrogens is 4. The molecule has 0 aliphatic carbocycles. The zero-order valence-corrected chi connectivity index (χ0v) is 15.5. The Morgan fingerprint density at radius 3 is 2.92 bits per heavy atom. The molecular formula is C17H11Cl2N5OS. The van der Waals surface area contributed by atoms with Crippen molar-refractivity contribution >= 4 is 51.2 Å². The normalized spacial score (nSPS) is 11.0. The van der Waals surface area contributed by atoms with Gasteiger partial charge in [0, 0.05) is 29.9 Å². The molecule has 0 unspecified atom stereocenters. The summed E-state index contributed by atoms with van der Waals surface area (Å²) < 4.78 is 1.55. The molecule has 4 rings (SSSR count). The number of rotatable bonds is 4. The molecule has 3 heterocycles. The molecule has 3 aromatic heterocycles. The van der Waals surface area contributed by atoms with Gasteiger partial charge in [-0.1, -0.05) is 29.3 Å². The first-order valence-electron chi connectivity index (χ1n) is 7.58. The average Bonchev–Trinajstić information content (AvgIpc) is 3.25. The molecule has 0 radical (unpaired) electrons. The highest BCUT2D eigenvalue weighted by Crippen LogP contribution is 2.26. The van der Waals surface area contributed by atoms with E-state index in [1.165, 1.54) is 17.5 Å². The maximum atomic E-state index is 12.5. The number of anilines is 1. The van der Waals surface area contributed by atoms with E-state index in [0.29, 0.717) is 32.8 Å². The van der Waals surface area contributed by atoms with Crippen LogP contribution in [0.3, 0.4) is 0 Å². The van der Waals surface area contributed by atoms with Gasteiger partial charge in [-0.3, -0.25) is 10.1 Å². The lowest BCUT2D eigenvalue weighted by atomic mass is 10.1. The number of hydrogen-bond acceptors (Lipinski definition) is 5. The minimum Gasteiger partial charge on any atom is -0.298 e. The van der Waals surface area contributed by atoms with Crippen molar-refractivity contribution in [3.05, 3.63) is 75.1 Å². The predicted octanol–water partition coefficient (Wildman–Crippen LogP) is 4.34. The van der Waals surface area contributed by atoms with Crippen LogP contribution in [-0.4, -0.2) is 25.5 Å². The molecule has 0 saturated heterocycles. The lowest BCUT2D eigenvalue weighted by Crippen LogP contribution is -2.11. The Balaban J connectivity index is 1.49. The van der Waals surface area contributed by atoms with Crippen LogP contribution in [0.25, 0.3) is 5.65 Å². The van der Waals surface area contributed by atoms with E-state index in [1.54, 1.807) is 35.2 Å². The van der Waals surface area contributed by atoms with Crippen LogP contribution in [0.1, 0.15) is 20.8 Å². The molecule has 1 N–H and O–H groups in total. The summed E-state index contributed by atoms with van der Waals surface area (Å²) in [6.45, 7) is 0. The summed E-state index contributed by atoms with van der Waals surface area (Å²) in [7, 11) is 0. The number of thiazole rings is 1. The van der Waals surface area contributed by atoms with Gasteiger partial charge in [0.1, 0.15) is 5.56 Å². The number of carbonyl (C=O) groups is 1. The Bertz CT molecular complexity index is 1110. The van der Waals surface area contributed by atoms with Gasteiger partial charge in [0.15, 0.2) is 10.8 Å². The highest BCUT2D eigenvalue weighted by atomic mass is 35.5. The monoisotopic (exact) mass is 403 g/mol. The Morgan fingerprint density at radius 1 is 1.19 bits per heavy atom. The number of hydrogen-bond donors (Lipinski definition) is 1. The van der Waals surface area contributed by atoms with Gasteiger partial charge in [-0.05, 0) is 23.8 Å². The van der Waals surface area contributed by atoms with Crippen molar-refractivity contribution in [2.24, 2.45) is 0 Å². The molecule has 26 heavy (non-hydrogen) atoms. The van der Waals surface area contributed by atoms with Crippen molar-refractivity contribution < 1.29 is 4.79 Å². The Morgan fingerprint density at radius 2 is 2.08 bits per heavy atom. The zero-order valence-electron chi connectivity index (χ0n) is 13.2. The molecular weight excluding hydrogens is 393 g/mol. The Hall–Kier alpha value is -2.48. The molecule has 6 nitrogen and oxygen atoms in total. The third-order valence-electron chi connectivity index (χ3n) is 3.66. The molecule has 0 atom stereocenters. The fraction of sp³-hybridized carbons (Fsp3) is 0.0588. The van der Waals surface area contributed by atoms with Crippen molar-refractivity contribution in [1.29, 1.82) is 0 Å². The standard InChI is InChI=1S/C17H11Cl2N5OS/c18-13-3-2-10(7-14(13)19)6-11-8-21-17(26-11)23-16(25)12-9-22-24-5-1-4-20-15(12)24/h1-5,7-9H,6H2,(H,21,23,25). The number of nitrogens with zero attached hydrogens (tertiary/aromatic N) is 4. The average molecular weight is 404 g/mol. The number of benzene rings is 1. The number of carbonyl (C=O) groups excluding carboxylic acids is 1. The van der Waals surface area contributed by atoms with E-state index < -0.39 is 0 Å². The first kappa shape index (κ1) is 17.0. The summed E-state index contributed by atoms with van der Waals surface area (Å²) in [5.74, 6) is -0.297. The largest absolute Gasteiger partial charge is 0.298 e. The highest BCUT2D eigenvalue weighted by Gasteiger charge is 2.15. The summed E-state index contributed by atoms with van der Waals surface area (Å²) in [6.07, 6.45) is 7.23. The second-order valence-corrected chi connectivity index (χ2v) is 7.39. The van der Waals surface area contributed by atoms with E-state index in [1.807, 2.05) is 12.1 Å². The van der Waals surface area contributed by atoms with Gasteiger partial charge in [-0.2, -0.15) is 5.10 Å². The molecule has 0 spiro atoms. The summed E-state index contributed by atoms with van der Waals surface area (Å²) in [4.78, 5) is 21.9. The SMILES string of the molecule is O=C(Nc1ncc(Cc2ccc(Cl)c(Cl)c2)s1)c1cnn2cccnc12. The fourth-order valence-electron chi connectivity index (χ4n) is 2.45. The van der Waals surface area contributed by atoms with E-state index in [9.17, 15) is 4.79 Å². The maximum absolute atomic E-state index is 12.5. The van der Waals surface area contributed by atoms with Gasteiger partial charge >= 0.3 is 0 Å². The third kappa shape index (κ3) is 3.41. The van der Waals surface area contributed by atoms with Crippen LogP contribution >= 0.6 is 34.5 Å². The molecule has 0 aliphatic heterocycles. The molecule has 0 fully saturated rings. The van der Waals surface area contributed by atoms with Crippen molar-refractivity contribution in [2.45, 2.75) is 6.42 Å². The molecule has 4 aromatic rings. The minimum atomic E-state index is -0.297. The molecule has 0 bridgehead atoms. The number of amides is 1. The fourth-order valence-corrected chi connectivity index (χ4v) is 3.61. The number of nitrogens with one attached hydrogen (secondary N) is 1. The quantitative estimate of drug-likeness (QED) is 0.550. The molecule has 9 heteroatoms. The van der Waals surface area contributed by atoms with Crippen LogP contribution in [0.2, 0.25) is 10.0 Å². The zero-order chi connectivity index (χ0) is 18.1. The van der Waals surface area contributed by atoms with Crippen molar-refractivity contribution in [2.75, 3.05) is 5.32 Å². The van der Waals surface area contributed by atoms with Crippen molar-refractivity contribution in [1.82, 2.24) is 19.6 Å². The van der Waals surface area contributed by atoms with Gasteiger partial charge in [-0.25, -0.2) is 14.5 Å². The van der Waals surface area contributed by atoms with Crippen LogP contribution in [-0.2, 0) is 6.42 Å². The summed E-state index contributed by atoms with van der Waals surface area (Å²) in [5.41, 5.74) is 1.91. The van der Waals surface area contributed by atoms with E-state index >= 15 is 0 Å². The van der Waals surface area contributed by atoms with Crippen LogP contribution in [0.5, 0.6) is 0 Å². The van der Waals surface area contributed by atoms with Gasteiger partial charge in [0.2, 0.25) is 0 Å². The number of halogens is 2. The number of fused-ring (bicyclic) bond motifs is 1. The highest BCUT2D eigenvalue weighted by molar-refractivity contribution is 7.15. The van der Waals surface area contributed by atoms with Crippen molar-refractivity contribution in [3.8, 4) is 0 Å². The van der Waals surface area contributed by atoms with Crippen LogP contribution < -0.4 is 5.32 Å². The van der Waals surface area contributed by atoms with E-state index in [-0.39, 0.29) is 5.91 Å². The lowest BCUT2D eigenvalue weighted by molar-refractivity contribution is 0.102. The van der Waals surface area contributed by atoms with Gasteiger partial charge in [0.05, 0.1) is 16.2 Å². The maximum Gasteiger partial charge on any atom is 0.262 e. The van der Waals surface area contributed by atoms with E-state index in [2.05, 4.69) is 20.4 Å². The smallest absolute Gasteiger partial charge is 0.262 e. The third-order valence-corrected chi connectivity index (χ3v) is 5.31. The topological polar surface area (TPSA) is 72.2 Å². The Labute approximate surface area is 162 Å². The van der Waals surface area contributed by atoms with Crippen LogP contribution in [0.15, 0.2) is 49.1 Å². The second kappa shape index (κ2) is 7.03. The molecule has 0 saturated carbocycles. The Kier molecular flexibility index (Phi) is 4.58. The molecule has 130 valence electrons. The summed E-state index contributed by atoms with van der Waals surface area (Å²) in [6, 6.07) is 7.25. The van der Waals surface area contributed by atoms with Gasteiger partial charge in [-0.15, -0.1) is 11.3 Å². The van der Waals surface area contributed by atoms with E-state index in [0.717, 1.165) is 10.4 Å². The lowest BCUT2D eigenvalue weighted by Gasteiger charge is -2.01. The van der Waals surface area contributed by atoms with Gasteiger partial charge < -0.3 is 0 Å².